The van der Waals surface area contributed by atoms with E-state index in [-0.39, 0.29) is 17.5 Å². The van der Waals surface area contributed by atoms with Crippen LogP contribution in [0.1, 0.15) is 38.7 Å². The topological polar surface area (TPSA) is 91.3 Å². The van der Waals surface area contributed by atoms with Crippen molar-refractivity contribution in [1.29, 1.82) is 0 Å². The summed E-state index contributed by atoms with van der Waals surface area (Å²) in [6, 6.07) is 12.6. The van der Waals surface area contributed by atoms with Crippen molar-refractivity contribution in [3.63, 3.8) is 0 Å². The second-order valence-electron chi connectivity index (χ2n) is 5.26. The minimum Gasteiger partial charge on any atom is -0.343 e. The maximum Gasteiger partial charge on any atom is 0.276 e. The molecule has 1 aromatic carbocycles. The third-order valence-corrected chi connectivity index (χ3v) is 4.71. The van der Waals surface area contributed by atoms with Crippen LogP contribution in [-0.4, -0.2) is 22.0 Å². The van der Waals surface area contributed by atoms with Gasteiger partial charge in [0, 0.05) is 10.9 Å². The quantitative estimate of drug-likeness (QED) is 0.503. The van der Waals surface area contributed by atoms with Crippen LogP contribution in [0, 0.1) is 0 Å². The van der Waals surface area contributed by atoms with Crippen LogP contribution in [0.15, 0.2) is 48.7 Å². The van der Waals surface area contributed by atoms with E-state index >= 15 is 0 Å². The number of pyridine rings is 1. The SMILES string of the molecule is C[C@H](NC(=O)c1cc2ccccc2s1)c1ccc(C(=O)NO)cn1. The summed E-state index contributed by atoms with van der Waals surface area (Å²) in [7, 11) is 0. The van der Waals surface area contributed by atoms with E-state index in [2.05, 4.69) is 10.3 Å². The molecule has 3 aromatic rings. The van der Waals surface area contributed by atoms with Crippen molar-refractivity contribution in [2.24, 2.45) is 0 Å². The lowest BCUT2D eigenvalue weighted by Gasteiger charge is -2.13. The minimum atomic E-state index is -0.629. The Morgan fingerprint density at radius 2 is 1.96 bits per heavy atom. The average Bonchev–Trinajstić information content (AvgIpc) is 3.05. The molecule has 2 amide bonds. The van der Waals surface area contributed by atoms with Gasteiger partial charge in [-0.2, -0.15) is 0 Å². The number of hydrogen-bond acceptors (Lipinski definition) is 5. The Labute approximate surface area is 142 Å². The number of nitrogens with one attached hydrogen (secondary N) is 2. The molecule has 3 N–H and O–H groups in total. The Morgan fingerprint density at radius 3 is 2.62 bits per heavy atom. The van der Waals surface area contributed by atoms with E-state index in [1.54, 1.807) is 11.5 Å². The summed E-state index contributed by atoms with van der Waals surface area (Å²) >= 11 is 1.44. The molecule has 0 bridgehead atoms. The molecule has 3 rings (SSSR count). The Hall–Kier alpha value is -2.77. The smallest absolute Gasteiger partial charge is 0.276 e. The summed E-state index contributed by atoms with van der Waals surface area (Å²) in [5, 5.41) is 12.5. The molecule has 0 radical (unpaired) electrons. The number of hydroxylamine groups is 1. The van der Waals surface area contributed by atoms with Gasteiger partial charge in [0.25, 0.3) is 11.8 Å². The molecule has 0 unspecified atom stereocenters. The van der Waals surface area contributed by atoms with Gasteiger partial charge in [0.1, 0.15) is 0 Å². The summed E-state index contributed by atoms with van der Waals surface area (Å²) in [4.78, 5) is 28.5. The first-order chi connectivity index (χ1) is 11.6. The molecule has 24 heavy (non-hydrogen) atoms. The number of amides is 2. The third kappa shape index (κ3) is 3.27. The van der Waals surface area contributed by atoms with Gasteiger partial charge in [-0.25, -0.2) is 5.48 Å². The number of thiophene rings is 1. The number of carbonyl (C=O) groups excluding carboxylic acids is 2. The van der Waals surface area contributed by atoms with Crippen LogP contribution < -0.4 is 10.8 Å². The van der Waals surface area contributed by atoms with Crippen LogP contribution in [-0.2, 0) is 0 Å². The number of rotatable bonds is 4. The van der Waals surface area contributed by atoms with Crippen LogP contribution in [0.25, 0.3) is 10.1 Å². The van der Waals surface area contributed by atoms with Crippen molar-refractivity contribution in [1.82, 2.24) is 15.8 Å². The molecule has 0 aliphatic carbocycles. The molecular weight excluding hydrogens is 326 g/mol. The molecule has 6 nitrogen and oxygen atoms in total. The Kier molecular flexibility index (Phi) is 4.54. The van der Waals surface area contributed by atoms with Gasteiger partial charge in [0.05, 0.1) is 22.2 Å². The van der Waals surface area contributed by atoms with E-state index in [1.165, 1.54) is 23.6 Å². The molecule has 7 heteroatoms. The predicted molar refractivity (Wildman–Crippen MR) is 91.2 cm³/mol. The predicted octanol–water partition coefficient (Wildman–Crippen LogP) is 2.91. The Morgan fingerprint density at radius 1 is 1.17 bits per heavy atom. The van der Waals surface area contributed by atoms with Crippen LogP contribution in [0.5, 0.6) is 0 Å². The van der Waals surface area contributed by atoms with Crippen molar-refractivity contribution >= 4 is 33.2 Å². The lowest BCUT2D eigenvalue weighted by Crippen LogP contribution is -2.26. The first kappa shape index (κ1) is 16.1. The number of aromatic nitrogens is 1. The lowest BCUT2D eigenvalue weighted by atomic mass is 10.1. The number of fused-ring (bicyclic) bond motifs is 1. The molecule has 1 atom stereocenters. The zero-order valence-electron chi connectivity index (χ0n) is 12.8. The van der Waals surface area contributed by atoms with Gasteiger partial charge in [-0.3, -0.25) is 19.8 Å². The van der Waals surface area contributed by atoms with E-state index in [4.69, 9.17) is 5.21 Å². The Balaban J connectivity index is 1.72. The van der Waals surface area contributed by atoms with Crippen LogP contribution in [0.2, 0.25) is 0 Å². The second-order valence-corrected chi connectivity index (χ2v) is 6.34. The fourth-order valence-electron chi connectivity index (χ4n) is 2.30. The van der Waals surface area contributed by atoms with Gasteiger partial charge in [-0.15, -0.1) is 11.3 Å². The van der Waals surface area contributed by atoms with Crippen LogP contribution in [0.4, 0.5) is 0 Å². The van der Waals surface area contributed by atoms with Gasteiger partial charge in [0.15, 0.2) is 0 Å². The molecule has 0 saturated heterocycles. The summed E-state index contributed by atoms with van der Waals surface area (Å²) in [6.07, 6.45) is 1.35. The van der Waals surface area contributed by atoms with Crippen molar-refractivity contribution in [3.8, 4) is 0 Å². The van der Waals surface area contributed by atoms with E-state index in [0.717, 1.165) is 10.1 Å². The van der Waals surface area contributed by atoms with Gasteiger partial charge < -0.3 is 5.32 Å². The third-order valence-electron chi connectivity index (χ3n) is 3.59. The highest BCUT2D eigenvalue weighted by molar-refractivity contribution is 7.20. The molecule has 2 aromatic heterocycles. The highest BCUT2D eigenvalue weighted by atomic mass is 32.1. The summed E-state index contributed by atoms with van der Waals surface area (Å²) < 4.78 is 1.06. The monoisotopic (exact) mass is 341 g/mol. The first-order valence-corrected chi connectivity index (χ1v) is 8.10. The standard InChI is InChI=1S/C17H15N3O3S/c1-10(13-7-6-12(9-18-13)16(21)20-23)19-17(22)15-8-11-4-2-3-5-14(11)24-15/h2-10,23H,1H3,(H,19,22)(H,20,21)/t10-/m0/s1. The first-order valence-electron chi connectivity index (χ1n) is 7.28. The van der Waals surface area contributed by atoms with Crippen molar-refractivity contribution in [2.45, 2.75) is 13.0 Å². The molecule has 0 spiro atoms. The average molecular weight is 341 g/mol. The zero-order chi connectivity index (χ0) is 17.1. The van der Waals surface area contributed by atoms with Crippen molar-refractivity contribution in [3.05, 3.63) is 64.8 Å². The maximum atomic E-state index is 12.4. The number of nitrogens with zero attached hydrogens (tertiary/aromatic N) is 1. The van der Waals surface area contributed by atoms with Crippen molar-refractivity contribution in [2.75, 3.05) is 0 Å². The fourth-order valence-corrected chi connectivity index (χ4v) is 3.26. The summed E-state index contributed by atoms with van der Waals surface area (Å²) in [6.45, 7) is 1.82. The van der Waals surface area contributed by atoms with E-state index in [0.29, 0.717) is 10.6 Å². The molecule has 0 aliphatic heterocycles. The lowest BCUT2D eigenvalue weighted by molar-refractivity contribution is 0.0705. The van der Waals surface area contributed by atoms with E-state index in [1.807, 2.05) is 37.3 Å². The molecule has 2 heterocycles. The van der Waals surface area contributed by atoms with Gasteiger partial charge in [-0.05, 0) is 36.6 Å². The zero-order valence-corrected chi connectivity index (χ0v) is 13.6. The van der Waals surface area contributed by atoms with Gasteiger partial charge >= 0.3 is 0 Å². The Bertz CT molecular complexity index is 856. The largest absolute Gasteiger partial charge is 0.343 e. The van der Waals surface area contributed by atoms with E-state index in [9.17, 15) is 9.59 Å². The number of carbonyl (C=O) groups is 2. The molecule has 0 fully saturated rings. The van der Waals surface area contributed by atoms with Crippen molar-refractivity contribution < 1.29 is 14.8 Å². The van der Waals surface area contributed by atoms with Crippen LogP contribution in [0.3, 0.4) is 0 Å². The second kappa shape index (κ2) is 6.77. The molecular formula is C17H15N3O3S. The van der Waals surface area contributed by atoms with Gasteiger partial charge in [-0.1, -0.05) is 18.2 Å². The fraction of sp³-hybridized carbons (Fsp3) is 0.118. The molecule has 0 saturated carbocycles. The van der Waals surface area contributed by atoms with Gasteiger partial charge in [0.2, 0.25) is 0 Å². The highest BCUT2D eigenvalue weighted by Gasteiger charge is 2.15. The minimum absolute atomic E-state index is 0.164. The van der Waals surface area contributed by atoms with E-state index < -0.39 is 5.91 Å². The molecule has 122 valence electrons. The highest BCUT2D eigenvalue weighted by Crippen LogP contribution is 2.25. The maximum absolute atomic E-state index is 12.4. The van der Waals surface area contributed by atoms with Crippen LogP contribution >= 0.6 is 11.3 Å². The number of hydrogen-bond donors (Lipinski definition) is 3. The number of benzene rings is 1. The normalized spacial score (nSPS) is 11.9. The summed E-state index contributed by atoms with van der Waals surface area (Å²) in [5.74, 6) is -0.793. The molecule has 0 aliphatic rings. The summed E-state index contributed by atoms with van der Waals surface area (Å²) in [5.41, 5.74) is 2.41.